The number of nitrogens with one attached hydrogen (secondary N) is 1. The molecule has 1 saturated heterocycles. The topological polar surface area (TPSA) is 32.3 Å². The lowest BCUT2D eigenvalue weighted by Crippen LogP contribution is -2.43. The minimum absolute atomic E-state index is 0.00271. The zero-order chi connectivity index (χ0) is 15.5. The molecule has 1 N–H and O–H groups in total. The monoisotopic (exact) mass is 432 g/mol. The van der Waals surface area contributed by atoms with Crippen LogP contribution >= 0.6 is 34.2 Å². The Morgan fingerprint density at radius 3 is 2.50 bits per heavy atom. The lowest BCUT2D eigenvalue weighted by atomic mass is 9.90. The van der Waals surface area contributed by atoms with E-state index in [0.717, 1.165) is 22.5 Å². The molecule has 3 rings (SSSR count). The summed E-state index contributed by atoms with van der Waals surface area (Å²) in [4.78, 5) is 15.0. The predicted molar refractivity (Wildman–Crippen MR) is 98.5 cm³/mol. The number of rotatable bonds is 3. The first-order chi connectivity index (χ1) is 10.6. The summed E-state index contributed by atoms with van der Waals surface area (Å²) in [6.45, 7) is 2.53. The van der Waals surface area contributed by atoms with Gasteiger partial charge in [0, 0.05) is 21.2 Å². The summed E-state index contributed by atoms with van der Waals surface area (Å²) >= 11 is 8.27. The quantitative estimate of drug-likeness (QED) is 0.730. The standard InChI is InChI=1S/C17H22ClIN2O/c18-15-11-12(3-8-16(15)19)17(22)20-13-4-6-14(7-5-13)21-9-1-2-10-21/h3,8,11,13-14H,1-2,4-7,9-10H2,(H,20,22)/t13-,14-. The third-order valence-corrected chi connectivity index (χ3v) is 6.44. The van der Waals surface area contributed by atoms with Crippen molar-refractivity contribution >= 4 is 40.1 Å². The first kappa shape index (κ1) is 16.5. The van der Waals surface area contributed by atoms with E-state index in [0.29, 0.717) is 16.6 Å². The van der Waals surface area contributed by atoms with E-state index < -0.39 is 0 Å². The summed E-state index contributed by atoms with van der Waals surface area (Å²) < 4.78 is 0.974. The highest BCUT2D eigenvalue weighted by atomic mass is 127. The molecule has 1 aromatic rings. The average molecular weight is 433 g/mol. The molecular weight excluding hydrogens is 411 g/mol. The number of benzene rings is 1. The van der Waals surface area contributed by atoms with Crippen molar-refractivity contribution in [2.45, 2.75) is 50.6 Å². The van der Waals surface area contributed by atoms with Crippen LogP contribution in [-0.4, -0.2) is 36.0 Å². The van der Waals surface area contributed by atoms with Crippen molar-refractivity contribution < 1.29 is 4.79 Å². The second-order valence-corrected chi connectivity index (χ2v) is 7.92. The Balaban J connectivity index is 1.51. The minimum atomic E-state index is 0.00271. The molecule has 120 valence electrons. The lowest BCUT2D eigenvalue weighted by molar-refractivity contribution is 0.0911. The molecule has 0 unspecified atom stereocenters. The fourth-order valence-electron chi connectivity index (χ4n) is 3.60. The normalized spacial score (nSPS) is 26.1. The molecule has 1 aromatic carbocycles. The molecule has 0 radical (unpaired) electrons. The molecule has 0 aromatic heterocycles. The highest BCUT2D eigenvalue weighted by Crippen LogP contribution is 2.26. The summed E-state index contributed by atoms with van der Waals surface area (Å²) in [6, 6.07) is 6.54. The fourth-order valence-corrected chi connectivity index (χ4v) is 4.11. The van der Waals surface area contributed by atoms with Gasteiger partial charge in [-0.15, -0.1) is 0 Å². The van der Waals surface area contributed by atoms with Crippen molar-refractivity contribution in [1.82, 2.24) is 10.2 Å². The number of carbonyl (C=O) groups is 1. The summed E-state index contributed by atoms with van der Waals surface area (Å²) in [5.74, 6) is 0.00271. The highest BCUT2D eigenvalue weighted by Gasteiger charge is 2.28. The summed E-state index contributed by atoms with van der Waals surface area (Å²) in [5, 5.41) is 3.82. The van der Waals surface area contributed by atoms with Crippen molar-refractivity contribution in [2.75, 3.05) is 13.1 Å². The van der Waals surface area contributed by atoms with Crippen LogP contribution in [0.15, 0.2) is 18.2 Å². The van der Waals surface area contributed by atoms with Crippen LogP contribution in [0, 0.1) is 3.57 Å². The van der Waals surface area contributed by atoms with E-state index in [1.54, 1.807) is 6.07 Å². The number of hydrogen-bond donors (Lipinski definition) is 1. The molecule has 0 spiro atoms. The molecule has 3 nitrogen and oxygen atoms in total. The molecule has 2 aliphatic rings. The largest absolute Gasteiger partial charge is 0.349 e. The molecule has 2 fully saturated rings. The second-order valence-electron chi connectivity index (χ2n) is 6.35. The summed E-state index contributed by atoms with van der Waals surface area (Å²) in [6.07, 6.45) is 7.29. The third-order valence-electron chi connectivity index (χ3n) is 4.87. The highest BCUT2D eigenvalue weighted by molar-refractivity contribution is 14.1. The van der Waals surface area contributed by atoms with E-state index in [1.165, 1.54) is 38.8 Å². The fraction of sp³-hybridized carbons (Fsp3) is 0.588. The van der Waals surface area contributed by atoms with Crippen molar-refractivity contribution in [2.24, 2.45) is 0 Å². The van der Waals surface area contributed by atoms with Gasteiger partial charge in [-0.05, 0) is 92.4 Å². The van der Waals surface area contributed by atoms with E-state index in [1.807, 2.05) is 12.1 Å². The lowest BCUT2D eigenvalue weighted by Gasteiger charge is -2.34. The van der Waals surface area contributed by atoms with Crippen molar-refractivity contribution in [3.8, 4) is 0 Å². The van der Waals surface area contributed by atoms with Crippen LogP contribution in [0.4, 0.5) is 0 Å². The van der Waals surface area contributed by atoms with Gasteiger partial charge in [0.15, 0.2) is 0 Å². The van der Waals surface area contributed by atoms with Crippen LogP contribution in [0.5, 0.6) is 0 Å². The molecule has 0 atom stereocenters. The molecule has 1 saturated carbocycles. The van der Waals surface area contributed by atoms with Gasteiger partial charge < -0.3 is 10.2 Å². The van der Waals surface area contributed by atoms with E-state index >= 15 is 0 Å². The van der Waals surface area contributed by atoms with Gasteiger partial charge in [-0.1, -0.05) is 11.6 Å². The maximum atomic E-state index is 12.3. The first-order valence-corrected chi connectivity index (χ1v) is 9.59. The maximum absolute atomic E-state index is 12.3. The maximum Gasteiger partial charge on any atom is 0.251 e. The van der Waals surface area contributed by atoms with Crippen LogP contribution in [0.3, 0.4) is 0 Å². The molecule has 1 aliphatic heterocycles. The molecule has 0 bridgehead atoms. The minimum Gasteiger partial charge on any atom is -0.349 e. The smallest absolute Gasteiger partial charge is 0.251 e. The Kier molecular flexibility index (Phi) is 5.63. The SMILES string of the molecule is O=C(N[C@H]1CC[C@H](N2CCCC2)CC1)c1ccc(I)c(Cl)c1. The van der Waals surface area contributed by atoms with Crippen LogP contribution in [0.25, 0.3) is 0 Å². The van der Waals surface area contributed by atoms with E-state index in [4.69, 9.17) is 11.6 Å². The zero-order valence-corrected chi connectivity index (χ0v) is 15.6. The average Bonchev–Trinajstić information content (AvgIpc) is 3.05. The van der Waals surface area contributed by atoms with Crippen molar-refractivity contribution in [1.29, 1.82) is 0 Å². The van der Waals surface area contributed by atoms with Gasteiger partial charge in [0.05, 0.1) is 5.02 Å². The number of likely N-dealkylation sites (tertiary alicyclic amines) is 1. The first-order valence-electron chi connectivity index (χ1n) is 8.13. The van der Waals surface area contributed by atoms with Gasteiger partial charge in [0.1, 0.15) is 0 Å². The summed E-state index contributed by atoms with van der Waals surface area (Å²) in [7, 11) is 0. The Morgan fingerprint density at radius 1 is 1.18 bits per heavy atom. The van der Waals surface area contributed by atoms with Gasteiger partial charge in [-0.3, -0.25) is 4.79 Å². The van der Waals surface area contributed by atoms with Crippen LogP contribution in [0.2, 0.25) is 5.02 Å². The zero-order valence-electron chi connectivity index (χ0n) is 12.7. The molecular formula is C17H22ClIN2O. The number of amides is 1. The van der Waals surface area contributed by atoms with E-state index in [-0.39, 0.29) is 5.91 Å². The predicted octanol–water partition coefficient (Wildman–Crippen LogP) is 4.08. The van der Waals surface area contributed by atoms with Crippen LogP contribution in [0.1, 0.15) is 48.9 Å². The van der Waals surface area contributed by atoms with Crippen LogP contribution < -0.4 is 5.32 Å². The van der Waals surface area contributed by atoms with Gasteiger partial charge in [0.2, 0.25) is 0 Å². The van der Waals surface area contributed by atoms with E-state index in [2.05, 4.69) is 32.8 Å². The Labute approximate surface area is 150 Å². The van der Waals surface area contributed by atoms with Gasteiger partial charge in [-0.25, -0.2) is 0 Å². The van der Waals surface area contributed by atoms with Gasteiger partial charge in [-0.2, -0.15) is 0 Å². The molecule has 1 aliphatic carbocycles. The number of hydrogen-bond acceptors (Lipinski definition) is 2. The number of nitrogens with zero attached hydrogens (tertiary/aromatic N) is 1. The second kappa shape index (κ2) is 7.49. The Morgan fingerprint density at radius 2 is 1.86 bits per heavy atom. The Bertz CT molecular complexity index is 537. The van der Waals surface area contributed by atoms with E-state index in [9.17, 15) is 4.79 Å². The molecule has 1 heterocycles. The molecule has 5 heteroatoms. The third kappa shape index (κ3) is 3.95. The van der Waals surface area contributed by atoms with Gasteiger partial charge in [0.25, 0.3) is 5.91 Å². The van der Waals surface area contributed by atoms with Gasteiger partial charge >= 0.3 is 0 Å². The van der Waals surface area contributed by atoms with Crippen molar-refractivity contribution in [3.05, 3.63) is 32.4 Å². The number of halogens is 2. The molecule has 22 heavy (non-hydrogen) atoms. The number of carbonyl (C=O) groups excluding carboxylic acids is 1. The van der Waals surface area contributed by atoms with Crippen molar-refractivity contribution in [3.63, 3.8) is 0 Å². The molecule has 1 amide bonds. The summed E-state index contributed by atoms with van der Waals surface area (Å²) in [5.41, 5.74) is 0.659. The van der Waals surface area contributed by atoms with Crippen LogP contribution in [-0.2, 0) is 0 Å². The Hall–Kier alpha value is -0.330.